The van der Waals surface area contributed by atoms with Gasteiger partial charge in [-0.3, -0.25) is 4.90 Å². The topological polar surface area (TPSA) is 38.8 Å². The lowest BCUT2D eigenvalue weighted by molar-refractivity contribution is 0.0101. The first kappa shape index (κ1) is 26.2. The van der Waals surface area contributed by atoms with Crippen molar-refractivity contribution in [1.29, 1.82) is 0 Å². The quantitative estimate of drug-likeness (QED) is 0.366. The van der Waals surface area contributed by atoms with Crippen molar-refractivity contribution in [2.24, 2.45) is 0 Å². The average Bonchev–Trinajstić information content (AvgIpc) is 3.16. The van der Waals surface area contributed by atoms with Crippen molar-refractivity contribution in [3.05, 3.63) is 73.3 Å². The SMILES string of the molecule is C=CC[C@@H]1CC[C@@H](CO[Si](c2ccccc2)(c2ccccc2)C(C)(C)C)N1C(=O)OC(C)(C)C. The molecular weight excluding hydrogens is 438 g/mol. The number of ether oxygens (including phenoxy) is 1. The molecule has 3 rings (SSSR count). The number of amides is 1. The van der Waals surface area contributed by atoms with E-state index >= 15 is 0 Å². The number of likely N-dealkylation sites (tertiary alicyclic amines) is 1. The van der Waals surface area contributed by atoms with E-state index in [0.29, 0.717) is 6.61 Å². The van der Waals surface area contributed by atoms with E-state index in [4.69, 9.17) is 9.16 Å². The van der Waals surface area contributed by atoms with Gasteiger partial charge in [0.05, 0.1) is 12.6 Å². The fourth-order valence-electron chi connectivity index (χ4n) is 5.14. The number of rotatable bonds is 7. The zero-order valence-corrected chi connectivity index (χ0v) is 22.7. The van der Waals surface area contributed by atoms with Gasteiger partial charge in [0, 0.05) is 6.04 Å². The molecule has 34 heavy (non-hydrogen) atoms. The average molecular weight is 480 g/mol. The largest absolute Gasteiger partial charge is 0.444 e. The summed E-state index contributed by atoms with van der Waals surface area (Å²) in [6.45, 7) is 17.0. The molecule has 2 aromatic rings. The highest BCUT2D eigenvalue weighted by atomic mass is 28.4. The number of carbonyl (C=O) groups is 1. The number of benzene rings is 2. The molecule has 5 heteroatoms. The van der Waals surface area contributed by atoms with Crippen molar-refractivity contribution in [1.82, 2.24) is 4.90 Å². The van der Waals surface area contributed by atoms with E-state index in [0.717, 1.165) is 19.3 Å². The maximum Gasteiger partial charge on any atom is 0.410 e. The molecule has 1 aliphatic rings. The van der Waals surface area contributed by atoms with Crippen LogP contribution in [0, 0.1) is 0 Å². The number of nitrogens with zero attached hydrogens (tertiary/aromatic N) is 1. The molecule has 0 unspecified atom stereocenters. The van der Waals surface area contributed by atoms with Crippen LogP contribution in [0.15, 0.2) is 73.3 Å². The molecule has 0 radical (unpaired) electrons. The molecule has 0 aromatic heterocycles. The van der Waals surface area contributed by atoms with Crippen LogP contribution in [-0.2, 0) is 9.16 Å². The Morgan fingerprint density at radius 1 is 0.941 bits per heavy atom. The van der Waals surface area contributed by atoms with Gasteiger partial charge in [-0.15, -0.1) is 6.58 Å². The second-order valence-corrected chi connectivity index (χ2v) is 15.6. The smallest absolute Gasteiger partial charge is 0.410 e. The Bertz CT molecular complexity index is 907. The molecule has 1 heterocycles. The third kappa shape index (κ3) is 5.64. The van der Waals surface area contributed by atoms with Crippen molar-refractivity contribution in [2.75, 3.05) is 6.61 Å². The molecule has 2 atom stereocenters. The highest BCUT2D eigenvalue weighted by Crippen LogP contribution is 2.38. The van der Waals surface area contributed by atoms with Crippen molar-refractivity contribution >= 4 is 24.8 Å². The summed E-state index contributed by atoms with van der Waals surface area (Å²) >= 11 is 0. The van der Waals surface area contributed by atoms with Crippen LogP contribution in [0.3, 0.4) is 0 Å². The third-order valence-corrected chi connectivity index (χ3v) is 11.6. The van der Waals surface area contributed by atoms with Gasteiger partial charge >= 0.3 is 6.09 Å². The van der Waals surface area contributed by atoms with Gasteiger partial charge in [-0.2, -0.15) is 0 Å². The molecule has 0 spiro atoms. The molecular formula is C29H41NO3Si. The number of carbonyl (C=O) groups excluding carboxylic acids is 1. The summed E-state index contributed by atoms with van der Waals surface area (Å²) in [6.07, 6.45) is 4.23. The zero-order chi connectivity index (χ0) is 25.0. The molecule has 2 aromatic carbocycles. The molecule has 1 amide bonds. The Morgan fingerprint density at radius 3 is 1.88 bits per heavy atom. The lowest BCUT2D eigenvalue weighted by Gasteiger charge is -2.44. The van der Waals surface area contributed by atoms with Gasteiger partial charge in [0.2, 0.25) is 0 Å². The standard InChI is InChI=1S/C29H41NO3Si/c1-8-15-23-20-21-24(30(23)27(31)33-28(2,3)4)22-32-34(29(5,6)7,25-16-11-9-12-17-25)26-18-13-10-14-19-26/h8-14,16-19,23-24H,1,15,20-22H2,2-7H3/t23-,24+/m1/s1. The van der Waals surface area contributed by atoms with E-state index < -0.39 is 13.9 Å². The van der Waals surface area contributed by atoms with E-state index in [-0.39, 0.29) is 23.2 Å². The van der Waals surface area contributed by atoms with Crippen molar-refractivity contribution in [3.63, 3.8) is 0 Å². The monoisotopic (exact) mass is 479 g/mol. The Morgan fingerprint density at radius 2 is 1.44 bits per heavy atom. The summed E-state index contributed by atoms with van der Waals surface area (Å²) in [4.78, 5) is 15.2. The Balaban J connectivity index is 1.98. The van der Waals surface area contributed by atoms with Gasteiger partial charge in [0.15, 0.2) is 0 Å². The van der Waals surface area contributed by atoms with Crippen molar-refractivity contribution in [3.8, 4) is 0 Å². The van der Waals surface area contributed by atoms with E-state index in [9.17, 15) is 4.79 Å². The van der Waals surface area contributed by atoms with Crippen LogP contribution in [0.5, 0.6) is 0 Å². The maximum absolute atomic E-state index is 13.2. The normalized spacial score (nSPS) is 19.2. The minimum absolute atomic E-state index is 0.0264. The van der Waals surface area contributed by atoms with Gasteiger partial charge < -0.3 is 9.16 Å². The summed E-state index contributed by atoms with van der Waals surface area (Å²) in [5.74, 6) is 0. The molecule has 4 nitrogen and oxygen atoms in total. The fourth-order valence-corrected chi connectivity index (χ4v) is 9.74. The van der Waals surface area contributed by atoms with Crippen molar-refractivity contribution < 1.29 is 14.0 Å². The van der Waals surface area contributed by atoms with Gasteiger partial charge in [0.25, 0.3) is 8.32 Å². The predicted molar refractivity (Wildman–Crippen MR) is 143 cm³/mol. The second kappa shape index (κ2) is 10.5. The zero-order valence-electron chi connectivity index (χ0n) is 21.7. The first-order chi connectivity index (χ1) is 16.0. The van der Waals surface area contributed by atoms with Crippen LogP contribution in [-0.4, -0.2) is 43.6 Å². The molecule has 1 saturated heterocycles. The summed E-state index contributed by atoms with van der Waals surface area (Å²) in [5, 5.41) is 2.39. The first-order valence-corrected chi connectivity index (χ1v) is 14.3. The van der Waals surface area contributed by atoms with E-state index in [1.54, 1.807) is 0 Å². The Labute approximate surface area is 207 Å². The maximum atomic E-state index is 13.2. The Kier molecular flexibility index (Phi) is 8.09. The minimum Gasteiger partial charge on any atom is -0.444 e. The van der Waals surface area contributed by atoms with E-state index in [1.165, 1.54) is 10.4 Å². The van der Waals surface area contributed by atoms with E-state index in [2.05, 4.69) is 88.0 Å². The fraction of sp³-hybridized carbons (Fsp3) is 0.483. The minimum atomic E-state index is -2.67. The van der Waals surface area contributed by atoms with Crippen LogP contribution >= 0.6 is 0 Å². The molecule has 0 saturated carbocycles. The predicted octanol–water partition coefficient (Wildman–Crippen LogP) is 5.91. The summed E-state index contributed by atoms with van der Waals surface area (Å²) < 4.78 is 13.0. The third-order valence-electron chi connectivity index (χ3n) is 6.57. The molecule has 1 fully saturated rings. The highest BCUT2D eigenvalue weighted by molar-refractivity contribution is 6.99. The molecule has 0 bridgehead atoms. The van der Waals surface area contributed by atoms with Crippen LogP contribution in [0.2, 0.25) is 5.04 Å². The van der Waals surface area contributed by atoms with Gasteiger partial charge in [-0.1, -0.05) is 87.5 Å². The van der Waals surface area contributed by atoms with Crippen LogP contribution in [0.25, 0.3) is 0 Å². The molecule has 0 aliphatic carbocycles. The lowest BCUT2D eigenvalue weighted by Crippen LogP contribution is -2.67. The number of hydrogen-bond acceptors (Lipinski definition) is 3. The van der Waals surface area contributed by atoms with Crippen molar-refractivity contribution in [2.45, 2.75) is 83.5 Å². The number of hydrogen-bond donors (Lipinski definition) is 0. The van der Waals surface area contributed by atoms with Gasteiger partial charge in [0.1, 0.15) is 5.60 Å². The summed E-state index contributed by atoms with van der Waals surface area (Å²) in [7, 11) is -2.67. The molecule has 0 N–H and O–H groups in total. The molecule has 184 valence electrons. The molecule has 1 aliphatic heterocycles. The van der Waals surface area contributed by atoms with Crippen LogP contribution < -0.4 is 10.4 Å². The first-order valence-electron chi connectivity index (χ1n) is 12.4. The van der Waals surface area contributed by atoms with Crippen LogP contribution in [0.1, 0.15) is 60.8 Å². The Hall–Kier alpha value is -2.37. The van der Waals surface area contributed by atoms with Gasteiger partial charge in [-0.05, 0) is 55.4 Å². The van der Waals surface area contributed by atoms with E-state index in [1.807, 2.05) is 31.7 Å². The lowest BCUT2D eigenvalue weighted by atomic mass is 10.1. The second-order valence-electron chi connectivity index (χ2n) is 11.3. The van der Waals surface area contributed by atoms with Crippen LogP contribution in [0.4, 0.5) is 4.79 Å². The van der Waals surface area contributed by atoms with Gasteiger partial charge in [-0.25, -0.2) is 4.79 Å². The summed E-state index contributed by atoms with van der Waals surface area (Å²) in [6, 6.07) is 21.4. The summed E-state index contributed by atoms with van der Waals surface area (Å²) in [5.41, 5.74) is -0.540. The highest BCUT2D eigenvalue weighted by Gasteiger charge is 2.51.